The highest BCUT2D eigenvalue weighted by Crippen LogP contribution is 2.14. The van der Waals surface area contributed by atoms with Crippen LogP contribution in [0, 0.1) is 0 Å². The van der Waals surface area contributed by atoms with Gasteiger partial charge in [0.2, 0.25) is 0 Å². The van der Waals surface area contributed by atoms with Gasteiger partial charge in [0.25, 0.3) is 5.91 Å². The largest absolute Gasteiger partial charge is 0.346 e. The molecule has 1 amide bonds. The summed E-state index contributed by atoms with van der Waals surface area (Å²) in [7, 11) is 0. The van der Waals surface area contributed by atoms with Gasteiger partial charge in [-0.1, -0.05) is 23.2 Å². The smallest absolute Gasteiger partial charge is 0.251 e. The maximum atomic E-state index is 11.8. The third-order valence-corrected chi connectivity index (χ3v) is 2.49. The number of amides is 1. The lowest BCUT2D eigenvalue weighted by Crippen LogP contribution is -2.23. The van der Waals surface area contributed by atoms with Crippen LogP contribution >= 0.6 is 23.2 Å². The molecule has 92 valence electrons. The molecule has 5 nitrogen and oxygen atoms in total. The van der Waals surface area contributed by atoms with Gasteiger partial charge < -0.3 is 5.32 Å². The third kappa shape index (κ3) is 3.38. The summed E-state index contributed by atoms with van der Waals surface area (Å²) >= 11 is 11.4. The van der Waals surface area contributed by atoms with Crippen molar-refractivity contribution in [3.05, 3.63) is 52.3 Å². The minimum atomic E-state index is -0.292. The van der Waals surface area contributed by atoms with Crippen molar-refractivity contribution in [1.82, 2.24) is 20.3 Å². The molecule has 2 aromatic heterocycles. The lowest BCUT2D eigenvalue weighted by molar-refractivity contribution is 0.0950. The molecule has 0 aliphatic carbocycles. The first-order valence-corrected chi connectivity index (χ1v) is 5.77. The molecule has 0 aromatic carbocycles. The quantitative estimate of drug-likeness (QED) is 0.876. The standard InChI is InChI=1S/C11H8Cl2N4O/c12-9-3-7(4-10(13)17-9)11(18)15-5-8-1-2-14-6-16-8/h1-4,6H,5H2,(H,15,18). The fourth-order valence-electron chi connectivity index (χ4n) is 1.29. The number of carbonyl (C=O) groups is 1. The molecule has 2 rings (SSSR count). The fraction of sp³-hybridized carbons (Fsp3) is 0.0909. The van der Waals surface area contributed by atoms with Crippen molar-refractivity contribution in [3.63, 3.8) is 0 Å². The molecule has 1 N–H and O–H groups in total. The van der Waals surface area contributed by atoms with Crippen LogP contribution in [0.25, 0.3) is 0 Å². The molecule has 0 atom stereocenters. The first-order valence-electron chi connectivity index (χ1n) is 5.01. The minimum Gasteiger partial charge on any atom is -0.346 e. The Morgan fingerprint density at radius 2 is 2.00 bits per heavy atom. The Kier molecular flexibility index (Phi) is 4.07. The lowest BCUT2D eigenvalue weighted by atomic mass is 10.2. The Labute approximate surface area is 113 Å². The molecule has 18 heavy (non-hydrogen) atoms. The van der Waals surface area contributed by atoms with Crippen molar-refractivity contribution in [2.75, 3.05) is 0 Å². The number of hydrogen-bond donors (Lipinski definition) is 1. The van der Waals surface area contributed by atoms with Gasteiger partial charge in [0.15, 0.2) is 0 Å². The van der Waals surface area contributed by atoms with Crippen molar-refractivity contribution < 1.29 is 4.79 Å². The van der Waals surface area contributed by atoms with E-state index in [1.165, 1.54) is 18.5 Å². The number of halogens is 2. The first-order chi connectivity index (χ1) is 8.65. The van der Waals surface area contributed by atoms with Crippen molar-refractivity contribution >= 4 is 29.1 Å². The van der Waals surface area contributed by atoms with Crippen LogP contribution < -0.4 is 5.32 Å². The van der Waals surface area contributed by atoms with E-state index >= 15 is 0 Å². The average Bonchev–Trinajstić information content (AvgIpc) is 2.36. The van der Waals surface area contributed by atoms with Crippen LogP contribution in [-0.4, -0.2) is 20.9 Å². The Morgan fingerprint density at radius 3 is 2.61 bits per heavy atom. The number of nitrogens with one attached hydrogen (secondary N) is 1. The second-order valence-electron chi connectivity index (χ2n) is 3.38. The highest BCUT2D eigenvalue weighted by molar-refractivity contribution is 6.33. The zero-order valence-corrected chi connectivity index (χ0v) is 10.6. The van der Waals surface area contributed by atoms with Gasteiger partial charge in [-0.25, -0.2) is 15.0 Å². The van der Waals surface area contributed by atoms with Gasteiger partial charge in [-0.05, 0) is 18.2 Å². The highest BCUT2D eigenvalue weighted by atomic mass is 35.5. The summed E-state index contributed by atoms with van der Waals surface area (Å²) in [5.74, 6) is -0.292. The van der Waals surface area contributed by atoms with Gasteiger partial charge in [0.05, 0.1) is 12.2 Å². The van der Waals surface area contributed by atoms with Gasteiger partial charge in [-0.2, -0.15) is 0 Å². The number of nitrogens with zero attached hydrogens (tertiary/aromatic N) is 3. The van der Waals surface area contributed by atoms with Crippen LogP contribution in [0.2, 0.25) is 10.3 Å². The van der Waals surface area contributed by atoms with E-state index in [-0.39, 0.29) is 16.2 Å². The maximum Gasteiger partial charge on any atom is 0.251 e. The molecule has 0 aliphatic heterocycles. The molecule has 0 bridgehead atoms. The third-order valence-electron chi connectivity index (χ3n) is 2.10. The number of aromatic nitrogens is 3. The maximum absolute atomic E-state index is 11.8. The second kappa shape index (κ2) is 5.75. The summed E-state index contributed by atoms with van der Waals surface area (Å²) in [4.78, 5) is 23.4. The molecule has 0 unspecified atom stereocenters. The molecule has 2 aromatic rings. The summed E-state index contributed by atoms with van der Waals surface area (Å²) in [5.41, 5.74) is 1.07. The average molecular weight is 283 g/mol. The van der Waals surface area contributed by atoms with E-state index in [0.29, 0.717) is 17.8 Å². The van der Waals surface area contributed by atoms with Crippen molar-refractivity contribution in [3.8, 4) is 0 Å². The van der Waals surface area contributed by atoms with E-state index in [1.807, 2.05) is 0 Å². The number of pyridine rings is 1. The number of carbonyl (C=O) groups excluding carboxylic acids is 1. The predicted molar refractivity (Wildman–Crippen MR) is 67.5 cm³/mol. The van der Waals surface area contributed by atoms with Crippen LogP contribution in [0.4, 0.5) is 0 Å². The van der Waals surface area contributed by atoms with E-state index in [1.54, 1.807) is 12.3 Å². The van der Waals surface area contributed by atoms with E-state index in [4.69, 9.17) is 23.2 Å². The van der Waals surface area contributed by atoms with Gasteiger partial charge in [0.1, 0.15) is 16.6 Å². The second-order valence-corrected chi connectivity index (χ2v) is 4.16. The molecule has 7 heteroatoms. The topological polar surface area (TPSA) is 67.8 Å². The van der Waals surface area contributed by atoms with Crippen LogP contribution in [0.1, 0.15) is 16.1 Å². The molecule has 0 saturated carbocycles. The van der Waals surface area contributed by atoms with Gasteiger partial charge in [-0.15, -0.1) is 0 Å². The van der Waals surface area contributed by atoms with Gasteiger partial charge >= 0.3 is 0 Å². The molecule has 2 heterocycles. The van der Waals surface area contributed by atoms with Crippen molar-refractivity contribution in [1.29, 1.82) is 0 Å². The van der Waals surface area contributed by atoms with Crippen LogP contribution in [0.3, 0.4) is 0 Å². The fourth-order valence-corrected chi connectivity index (χ4v) is 1.75. The van der Waals surface area contributed by atoms with Gasteiger partial charge in [-0.3, -0.25) is 4.79 Å². The molecule has 0 aliphatic rings. The van der Waals surface area contributed by atoms with E-state index in [2.05, 4.69) is 20.3 Å². The van der Waals surface area contributed by atoms with Crippen molar-refractivity contribution in [2.24, 2.45) is 0 Å². The van der Waals surface area contributed by atoms with Gasteiger partial charge in [0, 0.05) is 11.8 Å². The minimum absolute atomic E-state index is 0.176. The zero-order valence-electron chi connectivity index (χ0n) is 9.10. The highest BCUT2D eigenvalue weighted by Gasteiger charge is 2.08. The zero-order chi connectivity index (χ0) is 13.0. The summed E-state index contributed by atoms with van der Waals surface area (Å²) in [6.45, 7) is 0.304. The molecule has 0 fully saturated rings. The summed E-state index contributed by atoms with van der Waals surface area (Å²) in [6, 6.07) is 4.61. The van der Waals surface area contributed by atoms with Crippen LogP contribution in [0.15, 0.2) is 30.7 Å². The monoisotopic (exact) mass is 282 g/mol. The molecular formula is C11H8Cl2N4O. The molecule has 0 saturated heterocycles. The summed E-state index contributed by atoms with van der Waals surface area (Å²) in [5, 5.41) is 3.05. The Balaban J connectivity index is 2.04. The number of hydrogen-bond acceptors (Lipinski definition) is 4. The van der Waals surface area contributed by atoms with E-state index in [0.717, 1.165) is 0 Å². The molecule has 0 radical (unpaired) electrons. The Bertz CT molecular complexity index is 542. The Morgan fingerprint density at radius 1 is 1.28 bits per heavy atom. The van der Waals surface area contributed by atoms with E-state index in [9.17, 15) is 4.79 Å². The summed E-state index contributed by atoms with van der Waals surface area (Å²) < 4.78 is 0. The molecule has 0 spiro atoms. The van der Waals surface area contributed by atoms with E-state index < -0.39 is 0 Å². The van der Waals surface area contributed by atoms with Crippen molar-refractivity contribution in [2.45, 2.75) is 6.54 Å². The normalized spacial score (nSPS) is 10.1. The first kappa shape index (κ1) is 12.7. The summed E-state index contributed by atoms with van der Waals surface area (Å²) in [6.07, 6.45) is 3.02. The van der Waals surface area contributed by atoms with Crippen LogP contribution in [-0.2, 0) is 6.54 Å². The lowest BCUT2D eigenvalue weighted by Gasteiger charge is -2.05. The number of rotatable bonds is 3. The molecular weight excluding hydrogens is 275 g/mol. The van der Waals surface area contributed by atoms with Crippen LogP contribution in [0.5, 0.6) is 0 Å². The Hall–Kier alpha value is -1.72. The SMILES string of the molecule is O=C(NCc1ccncn1)c1cc(Cl)nc(Cl)c1. The predicted octanol–water partition coefficient (Wildman–Crippen LogP) is 2.11.